The van der Waals surface area contributed by atoms with Crippen LogP contribution in [0.2, 0.25) is 10.0 Å². The third-order valence-corrected chi connectivity index (χ3v) is 5.73. The maximum atomic E-state index is 13.0. The first-order valence-electron chi connectivity index (χ1n) is 9.45. The quantitative estimate of drug-likeness (QED) is 0.573. The van der Waals surface area contributed by atoms with Crippen LogP contribution in [0.4, 0.5) is 17.3 Å². The maximum Gasteiger partial charge on any atom is 0.268 e. The highest BCUT2D eigenvalue weighted by atomic mass is 35.5. The first-order chi connectivity index (χ1) is 14.6. The molecule has 1 aromatic heterocycles. The smallest absolute Gasteiger partial charge is 0.268 e. The van der Waals surface area contributed by atoms with E-state index >= 15 is 0 Å². The minimum Gasteiger partial charge on any atom is -0.455 e. The standard InChI is InChI=1S/C21H17Cl2N5O2.ClH/c22-16-2-1-3-17(23)18(16)28-11-30-19-15(20(28)29)10-25-21(27-19)26-14-5-4-12-6-7-24-9-13(12)8-14;/h1-5,8,10,24H,6-7,9,11H2,(H,25,26,27);1H. The Morgan fingerprint density at radius 1 is 1.13 bits per heavy atom. The van der Waals surface area contributed by atoms with Crippen LogP contribution in [0.25, 0.3) is 0 Å². The Balaban J connectivity index is 0.00000231. The fourth-order valence-corrected chi connectivity index (χ4v) is 4.21. The summed E-state index contributed by atoms with van der Waals surface area (Å²) in [5, 5.41) is 7.28. The summed E-state index contributed by atoms with van der Waals surface area (Å²) in [6.45, 7) is 1.79. The van der Waals surface area contributed by atoms with Crippen molar-refractivity contribution in [3.05, 3.63) is 69.3 Å². The third kappa shape index (κ3) is 4.14. The van der Waals surface area contributed by atoms with Gasteiger partial charge in [0.15, 0.2) is 6.73 Å². The van der Waals surface area contributed by atoms with Crippen molar-refractivity contribution in [2.75, 3.05) is 23.5 Å². The van der Waals surface area contributed by atoms with Crippen LogP contribution in [0, 0.1) is 0 Å². The number of amides is 1. The first-order valence-corrected chi connectivity index (χ1v) is 10.2. The van der Waals surface area contributed by atoms with Crippen LogP contribution in [-0.2, 0) is 13.0 Å². The van der Waals surface area contributed by atoms with Crippen molar-refractivity contribution in [3.63, 3.8) is 0 Å². The van der Waals surface area contributed by atoms with Crippen LogP contribution < -0.4 is 20.3 Å². The van der Waals surface area contributed by atoms with E-state index in [2.05, 4.69) is 32.7 Å². The van der Waals surface area contributed by atoms with E-state index in [0.717, 1.165) is 25.2 Å². The molecule has 0 fully saturated rings. The largest absolute Gasteiger partial charge is 0.455 e. The molecule has 0 bridgehead atoms. The molecule has 1 amide bonds. The first kappa shape index (κ1) is 21.6. The van der Waals surface area contributed by atoms with E-state index in [1.807, 2.05) is 6.07 Å². The van der Waals surface area contributed by atoms with E-state index in [1.165, 1.54) is 22.2 Å². The van der Waals surface area contributed by atoms with Gasteiger partial charge in [0.05, 0.1) is 15.7 Å². The number of halogens is 3. The van der Waals surface area contributed by atoms with Crippen LogP contribution in [0.1, 0.15) is 21.5 Å². The molecular weight excluding hydrogens is 461 g/mol. The highest BCUT2D eigenvalue weighted by Gasteiger charge is 2.31. The topological polar surface area (TPSA) is 79.4 Å². The molecule has 3 aromatic rings. The predicted octanol–water partition coefficient (Wildman–Crippen LogP) is 4.59. The van der Waals surface area contributed by atoms with Crippen molar-refractivity contribution in [1.29, 1.82) is 0 Å². The number of anilines is 3. The number of nitrogens with zero attached hydrogens (tertiary/aromatic N) is 3. The number of nitrogens with one attached hydrogen (secondary N) is 2. The van der Waals surface area contributed by atoms with Gasteiger partial charge in [0.2, 0.25) is 11.8 Å². The monoisotopic (exact) mass is 477 g/mol. The number of hydrogen-bond donors (Lipinski definition) is 2. The lowest BCUT2D eigenvalue weighted by atomic mass is 10.0. The molecule has 0 atom stereocenters. The molecule has 10 heteroatoms. The van der Waals surface area contributed by atoms with Gasteiger partial charge in [-0.15, -0.1) is 12.4 Å². The van der Waals surface area contributed by atoms with Gasteiger partial charge in [-0.3, -0.25) is 9.69 Å². The molecule has 0 saturated carbocycles. The SMILES string of the molecule is Cl.O=C1c2cnc(Nc3ccc4c(c3)CNCC4)nc2OCN1c1c(Cl)cccc1Cl. The number of carbonyl (C=O) groups is 1. The number of benzene rings is 2. The summed E-state index contributed by atoms with van der Waals surface area (Å²) < 4.78 is 5.73. The van der Waals surface area contributed by atoms with E-state index < -0.39 is 0 Å². The molecule has 2 aliphatic heterocycles. The molecule has 0 unspecified atom stereocenters. The molecule has 31 heavy (non-hydrogen) atoms. The van der Waals surface area contributed by atoms with Gasteiger partial charge < -0.3 is 15.4 Å². The Hall–Kier alpha value is -2.58. The van der Waals surface area contributed by atoms with Crippen molar-refractivity contribution < 1.29 is 9.53 Å². The summed E-state index contributed by atoms with van der Waals surface area (Å²) in [6.07, 6.45) is 2.47. The lowest BCUT2D eigenvalue weighted by Crippen LogP contribution is -2.39. The van der Waals surface area contributed by atoms with Gasteiger partial charge in [-0.25, -0.2) is 4.98 Å². The zero-order chi connectivity index (χ0) is 20.7. The van der Waals surface area contributed by atoms with Gasteiger partial charge in [-0.05, 0) is 48.4 Å². The number of carbonyl (C=O) groups excluding carboxylic acids is 1. The molecule has 0 spiro atoms. The number of para-hydroxylation sites is 1. The summed E-state index contributed by atoms with van der Waals surface area (Å²) in [7, 11) is 0. The van der Waals surface area contributed by atoms with Crippen LogP contribution in [0.15, 0.2) is 42.6 Å². The average Bonchev–Trinajstić information content (AvgIpc) is 2.75. The molecule has 2 aliphatic rings. The minimum atomic E-state index is -0.322. The van der Waals surface area contributed by atoms with Gasteiger partial charge in [-0.2, -0.15) is 4.98 Å². The zero-order valence-corrected chi connectivity index (χ0v) is 18.5. The zero-order valence-electron chi connectivity index (χ0n) is 16.2. The highest BCUT2D eigenvalue weighted by Crippen LogP contribution is 2.37. The molecule has 3 heterocycles. The third-order valence-electron chi connectivity index (χ3n) is 5.12. The second kappa shape index (κ2) is 8.88. The van der Waals surface area contributed by atoms with E-state index in [4.69, 9.17) is 27.9 Å². The summed E-state index contributed by atoms with van der Waals surface area (Å²) in [5.41, 5.74) is 4.13. The van der Waals surface area contributed by atoms with E-state index in [9.17, 15) is 4.79 Å². The molecule has 160 valence electrons. The fraction of sp³-hybridized carbons (Fsp3) is 0.190. The minimum absolute atomic E-state index is 0. The fourth-order valence-electron chi connectivity index (χ4n) is 3.61. The maximum absolute atomic E-state index is 13.0. The molecule has 0 aliphatic carbocycles. The van der Waals surface area contributed by atoms with Gasteiger partial charge in [0.1, 0.15) is 5.56 Å². The number of hydrogen-bond acceptors (Lipinski definition) is 6. The number of aromatic nitrogens is 2. The predicted molar refractivity (Wildman–Crippen MR) is 123 cm³/mol. The van der Waals surface area contributed by atoms with Crippen LogP contribution in [-0.4, -0.2) is 29.2 Å². The summed E-state index contributed by atoms with van der Waals surface area (Å²) in [6, 6.07) is 11.3. The van der Waals surface area contributed by atoms with E-state index in [1.54, 1.807) is 18.2 Å². The summed E-state index contributed by atoms with van der Waals surface area (Å²) in [4.78, 5) is 23.0. The second-order valence-corrected chi connectivity index (χ2v) is 7.84. The number of rotatable bonds is 3. The molecular formula is C21H18Cl3N5O2. The van der Waals surface area contributed by atoms with Crippen LogP contribution >= 0.6 is 35.6 Å². The Morgan fingerprint density at radius 2 is 1.94 bits per heavy atom. The van der Waals surface area contributed by atoms with Crippen molar-refractivity contribution in [2.24, 2.45) is 0 Å². The Labute approximate surface area is 195 Å². The van der Waals surface area contributed by atoms with Gasteiger partial charge in [0, 0.05) is 18.4 Å². The Bertz CT molecular complexity index is 1140. The number of fused-ring (bicyclic) bond motifs is 2. The normalized spacial score (nSPS) is 14.8. The van der Waals surface area contributed by atoms with Crippen LogP contribution in [0.5, 0.6) is 5.88 Å². The van der Waals surface area contributed by atoms with Crippen molar-refractivity contribution >= 4 is 58.8 Å². The van der Waals surface area contributed by atoms with Gasteiger partial charge in [0.25, 0.3) is 5.91 Å². The van der Waals surface area contributed by atoms with Crippen molar-refractivity contribution in [3.8, 4) is 5.88 Å². The van der Waals surface area contributed by atoms with Crippen molar-refractivity contribution in [2.45, 2.75) is 13.0 Å². The molecule has 0 saturated heterocycles. The summed E-state index contributed by atoms with van der Waals surface area (Å²) >= 11 is 12.5. The lowest BCUT2D eigenvalue weighted by molar-refractivity contribution is 0.0932. The average molecular weight is 479 g/mol. The Morgan fingerprint density at radius 3 is 2.74 bits per heavy atom. The Kier molecular flexibility index (Phi) is 6.20. The highest BCUT2D eigenvalue weighted by molar-refractivity contribution is 6.40. The van der Waals surface area contributed by atoms with Gasteiger partial charge in [-0.1, -0.05) is 35.3 Å². The second-order valence-electron chi connectivity index (χ2n) is 7.02. The van der Waals surface area contributed by atoms with Gasteiger partial charge >= 0.3 is 0 Å². The lowest BCUT2D eigenvalue weighted by Gasteiger charge is -2.29. The molecule has 2 N–H and O–H groups in total. The van der Waals surface area contributed by atoms with Crippen LogP contribution in [0.3, 0.4) is 0 Å². The molecule has 0 radical (unpaired) electrons. The summed E-state index contributed by atoms with van der Waals surface area (Å²) in [5.74, 6) is 0.253. The molecule has 2 aromatic carbocycles. The molecule has 7 nitrogen and oxygen atoms in total. The van der Waals surface area contributed by atoms with E-state index in [0.29, 0.717) is 21.7 Å². The van der Waals surface area contributed by atoms with Crippen molar-refractivity contribution in [1.82, 2.24) is 15.3 Å². The van der Waals surface area contributed by atoms with E-state index in [-0.39, 0.29) is 36.5 Å². The molecule has 5 rings (SSSR count). The number of ether oxygens (including phenoxy) is 1.